The van der Waals surface area contributed by atoms with Crippen LogP contribution in [0.3, 0.4) is 0 Å². The topological polar surface area (TPSA) is 53.1 Å². The van der Waals surface area contributed by atoms with Crippen LogP contribution < -0.4 is 10.5 Å². The fraction of sp³-hybridized carbons (Fsp3) is 0.357. The molecule has 1 heterocycles. The molecule has 3 rings (SSSR count). The van der Waals surface area contributed by atoms with Crippen LogP contribution in [-0.2, 0) is 12.8 Å². The molecule has 1 aliphatic carbocycles. The first-order valence-corrected chi connectivity index (χ1v) is 6.39. The second-order valence-corrected chi connectivity index (χ2v) is 4.50. The monoisotopic (exact) mass is 243 g/mol. The lowest BCUT2D eigenvalue weighted by molar-refractivity contribution is 0.340. The largest absolute Gasteiger partial charge is 0.494 e. The predicted molar refractivity (Wildman–Crippen MR) is 71.2 cm³/mol. The van der Waals surface area contributed by atoms with E-state index in [9.17, 15) is 0 Å². The van der Waals surface area contributed by atoms with Crippen molar-refractivity contribution in [2.45, 2.75) is 26.2 Å². The first-order valence-electron chi connectivity index (χ1n) is 6.39. The predicted octanol–water partition coefficient (Wildman–Crippen LogP) is 2.34. The average Bonchev–Trinajstić information content (AvgIpc) is 2.95. The van der Waals surface area contributed by atoms with Crippen molar-refractivity contribution in [3.8, 4) is 11.4 Å². The lowest BCUT2D eigenvalue weighted by Crippen LogP contribution is -2.03. The van der Waals surface area contributed by atoms with Crippen molar-refractivity contribution in [2.75, 3.05) is 12.3 Å². The number of rotatable bonds is 3. The fourth-order valence-electron chi connectivity index (χ4n) is 2.46. The SMILES string of the molecule is CCOc1ccc(-n2nc3c(c2N)CCC3)cc1. The first-order chi connectivity index (χ1) is 8.79. The zero-order chi connectivity index (χ0) is 12.5. The third kappa shape index (κ3) is 1.74. The molecule has 0 radical (unpaired) electrons. The second-order valence-electron chi connectivity index (χ2n) is 4.50. The molecule has 0 saturated carbocycles. The molecule has 1 aliphatic rings. The van der Waals surface area contributed by atoms with Crippen molar-refractivity contribution in [1.29, 1.82) is 0 Å². The zero-order valence-electron chi connectivity index (χ0n) is 10.5. The lowest BCUT2D eigenvalue weighted by atomic mass is 10.2. The van der Waals surface area contributed by atoms with Gasteiger partial charge in [0.25, 0.3) is 0 Å². The highest BCUT2D eigenvalue weighted by atomic mass is 16.5. The minimum absolute atomic E-state index is 0.678. The maximum atomic E-state index is 6.15. The molecule has 0 aliphatic heterocycles. The summed E-state index contributed by atoms with van der Waals surface area (Å²) >= 11 is 0. The van der Waals surface area contributed by atoms with Crippen molar-refractivity contribution in [2.24, 2.45) is 0 Å². The van der Waals surface area contributed by atoms with Gasteiger partial charge in [-0.1, -0.05) is 0 Å². The average molecular weight is 243 g/mol. The molecule has 0 atom stereocenters. The summed E-state index contributed by atoms with van der Waals surface area (Å²) < 4.78 is 7.26. The van der Waals surface area contributed by atoms with E-state index in [-0.39, 0.29) is 0 Å². The zero-order valence-corrected chi connectivity index (χ0v) is 10.5. The van der Waals surface area contributed by atoms with E-state index in [1.54, 1.807) is 0 Å². The third-order valence-electron chi connectivity index (χ3n) is 3.34. The fourth-order valence-corrected chi connectivity index (χ4v) is 2.46. The summed E-state index contributed by atoms with van der Waals surface area (Å²) in [4.78, 5) is 0. The first kappa shape index (κ1) is 11.1. The smallest absolute Gasteiger partial charge is 0.130 e. The van der Waals surface area contributed by atoms with Gasteiger partial charge in [-0.15, -0.1) is 0 Å². The number of aryl methyl sites for hydroxylation is 1. The van der Waals surface area contributed by atoms with Gasteiger partial charge in [-0.2, -0.15) is 5.10 Å². The number of nitrogen functional groups attached to an aromatic ring is 1. The molecule has 0 spiro atoms. The molecule has 0 fully saturated rings. The molecule has 0 bridgehead atoms. The number of nitrogens with zero attached hydrogens (tertiary/aromatic N) is 2. The van der Waals surface area contributed by atoms with E-state index in [0.717, 1.165) is 35.8 Å². The third-order valence-corrected chi connectivity index (χ3v) is 3.34. The quantitative estimate of drug-likeness (QED) is 0.900. The molecule has 0 unspecified atom stereocenters. The van der Waals surface area contributed by atoms with Crippen molar-refractivity contribution >= 4 is 5.82 Å². The number of aromatic nitrogens is 2. The standard InChI is InChI=1S/C14H17N3O/c1-2-18-11-8-6-10(7-9-11)17-14(15)12-4-3-5-13(12)16-17/h6-9H,2-5,15H2,1H3. The summed E-state index contributed by atoms with van der Waals surface area (Å²) in [5, 5.41) is 4.59. The Morgan fingerprint density at radius 2 is 2.06 bits per heavy atom. The summed E-state index contributed by atoms with van der Waals surface area (Å²) in [5.41, 5.74) is 9.52. The number of benzene rings is 1. The van der Waals surface area contributed by atoms with Gasteiger partial charge in [0.05, 0.1) is 18.0 Å². The molecule has 4 heteroatoms. The van der Waals surface area contributed by atoms with Crippen LogP contribution in [0, 0.1) is 0 Å². The molecule has 1 aromatic heterocycles. The minimum atomic E-state index is 0.678. The van der Waals surface area contributed by atoms with E-state index in [1.807, 2.05) is 35.9 Å². The summed E-state index contributed by atoms with van der Waals surface area (Å²) in [6.07, 6.45) is 3.27. The maximum Gasteiger partial charge on any atom is 0.130 e. The van der Waals surface area contributed by atoms with Crippen LogP contribution in [0.1, 0.15) is 24.6 Å². The van der Waals surface area contributed by atoms with Gasteiger partial charge in [-0.25, -0.2) is 4.68 Å². The Balaban J connectivity index is 1.95. The number of fused-ring (bicyclic) bond motifs is 1. The van der Waals surface area contributed by atoms with Crippen molar-refractivity contribution in [1.82, 2.24) is 9.78 Å². The van der Waals surface area contributed by atoms with E-state index in [0.29, 0.717) is 6.61 Å². The van der Waals surface area contributed by atoms with Gasteiger partial charge in [0.2, 0.25) is 0 Å². The Hall–Kier alpha value is -1.97. The van der Waals surface area contributed by atoms with Gasteiger partial charge < -0.3 is 10.5 Å². The summed E-state index contributed by atoms with van der Waals surface area (Å²) in [6, 6.07) is 7.88. The Morgan fingerprint density at radius 3 is 2.72 bits per heavy atom. The Bertz CT molecular complexity index is 557. The van der Waals surface area contributed by atoms with Crippen LogP contribution in [-0.4, -0.2) is 16.4 Å². The molecule has 0 saturated heterocycles. The van der Waals surface area contributed by atoms with Crippen molar-refractivity contribution in [3.63, 3.8) is 0 Å². The van der Waals surface area contributed by atoms with Gasteiger partial charge in [0.15, 0.2) is 0 Å². The Morgan fingerprint density at radius 1 is 1.28 bits per heavy atom. The molecule has 2 N–H and O–H groups in total. The van der Waals surface area contributed by atoms with E-state index >= 15 is 0 Å². The molecule has 1 aromatic carbocycles. The van der Waals surface area contributed by atoms with Crippen LogP contribution in [0.4, 0.5) is 5.82 Å². The summed E-state index contributed by atoms with van der Waals surface area (Å²) in [7, 11) is 0. The van der Waals surface area contributed by atoms with Crippen LogP contribution >= 0.6 is 0 Å². The molecule has 4 nitrogen and oxygen atoms in total. The molecule has 2 aromatic rings. The normalized spacial score (nSPS) is 13.6. The van der Waals surface area contributed by atoms with Gasteiger partial charge in [0.1, 0.15) is 11.6 Å². The van der Waals surface area contributed by atoms with E-state index < -0.39 is 0 Å². The highest BCUT2D eigenvalue weighted by Gasteiger charge is 2.20. The molecule has 0 amide bonds. The van der Waals surface area contributed by atoms with E-state index in [2.05, 4.69) is 5.10 Å². The maximum absolute atomic E-state index is 6.15. The van der Waals surface area contributed by atoms with E-state index in [1.165, 1.54) is 12.0 Å². The summed E-state index contributed by atoms with van der Waals surface area (Å²) in [5.74, 6) is 1.66. The number of hydrogen-bond acceptors (Lipinski definition) is 3. The van der Waals surface area contributed by atoms with Crippen molar-refractivity contribution in [3.05, 3.63) is 35.5 Å². The number of nitrogens with two attached hydrogens (primary N) is 1. The van der Waals surface area contributed by atoms with Gasteiger partial charge in [-0.05, 0) is 50.5 Å². The van der Waals surface area contributed by atoms with Crippen LogP contribution in [0.15, 0.2) is 24.3 Å². The second kappa shape index (κ2) is 4.37. The van der Waals surface area contributed by atoms with E-state index in [4.69, 9.17) is 10.5 Å². The molecule has 94 valence electrons. The van der Waals surface area contributed by atoms with Crippen LogP contribution in [0.25, 0.3) is 5.69 Å². The Labute approximate surface area is 106 Å². The molecule has 18 heavy (non-hydrogen) atoms. The van der Waals surface area contributed by atoms with Crippen molar-refractivity contribution < 1.29 is 4.74 Å². The number of ether oxygens (including phenoxy) is 1. The molecular formula is C14H17N3O. The lowest BCUT2D eigenvalue weighted by Gasteiger charge is -2.07. The molecular weight excluding hydrogens is 226 g/mol. The summed E-state index contributed by atoms with van der Waals surface area (Å²) in [6.45, 7) is 2.65. The van der Waals surface area contributed by atoms with Crippen LogP contribution in [0.5, 0.6) is 5.75 Å². The van der Waals surface area contributed by atoms with Gasteiger partial charge in [0, 0.05) is 5.56 Å². The van der Waals surface area contributed by atoms with Crippen LogP contribution in [0.2, 0.25) is 0 Å². The van der Waals surface area contributed by atoms with Gasteiger partial charge in [-0.3, -0.25) is 0 Å². The Kier molecular flexibility index (Phi) is 2.70. The number of anilines is 1. The highest BCUT2D eigenvalue weighted by molar-refractivity contribution is 5.52. The van der Waals surface area contributed by atoms with Gasteiger partial charge >= 0.3 is 0 Å². The minimum Gasteiger partial charge on any atom is -0.494 e. The number of hydrogen-bond donors (Lipinski definition) is 1. The highest BCUT2D eigenvalue weighted by Crippen LogP contribution is 2.29.